The Balaban J connectivity index is 0.00000106. The summed E-state index contributed by atoms with van der Waals surface area (Å²) in [6, 6.07) is 1.86. The maximum atomic E-state index is 14.6. The molecule has 0 aliphatic carbocycles. The van der Waals surface area contributed by atoms with E-state index in [1.54, 1.807) is 6.92 Å². The van der Waals surface area contributed by atoms with E-state index in [4.69, 9.17) is 21.4 Å². The van der Waals surface area contributed by atoms with Gasteiger partial charge >= 0.3 is 29.8 Å². The predicted molar refractivity (Wildman–Crippen MR) is 142 cm³/mol. The fourth-order valence-corrected chi connectivity index (χ4v) is 4.02. The van der Waals surface area contributed by atoms with Crippen molar-refractivity contribution in [1.29, 1.82) is 0 Å². The van der Waals surface area contributed by atoms with Crippen LogP contribution >= 0.6 is 23.4 Å². The molecule has 0 aliphatic rings. The third-order valence-corrected chi connectivity index (χ3v) is 6.45. The summed E-state index contributed by atoms with van der Waals surface area (Å²) >= 11 is 6.77. The maximum Gasteiger partial charge on any atom is 0.431 e. The van der Waals surface area contributed by atoms with E-state index in [1.165, 1.54) is 6.92 Å². The molecular weight excluding hydrogens is 600 g/mol. The molecule has 10 nitrogen and oxygen atoms in total. The first-order chi connectivity index (χ1) is 19.0. The zero-order valence-corrected chi connectivity index (χ0v) is 23.5. The Kier molecular flexibility index (Phi) is 13.1. The third kappa shape index (κ3) is 9.93. The number of hydrogen-bond donors (Lipinski definition) is 1. The van der Waals surface area contributed by atoms with Gasteiger partial charge in [-0.15, -0.1) is 11.8 Å². The van der Waals surface area contributed by atoms with Crippen LogP contribution in [0.25, 0.3) is 5.69 Å². The van der Waals surface area contributed by atoms with Gasteiger partial charge in [-0.05, 0) is 26.0 Å². The molecular formula is C25H25ClF4N2O8S. The number of rotatable bonds is 10. The van der Waals surface area contributed by atoms with Crippen LogP contribution in [0.15, 0.2) is 57.5 Å². The number of carboxylic acids is 1. The van der Waals surface area contributed by atoms with Crippen molar-refractivity contribution in [3.63, 3.8) is 0 Å². The van der Waals surface area contributed by atoms with Gasteiger partial charge in [-0.1, -0.05) is 24.8 Å². The summed E-state index contributed by atoms with van der Waals surface area (Å²) in [6.45, 7) is 9.82. The van der Waals surface area contributed by atoms with Crippen LogP contribution in [0.4, 0.5) is 17.6 Å². The molecule has 1 heterocycles. The maximum absolute atomic E-state index is 14.6. The molecule has 0 radical (unpaired) electrons. The number of alkyl halides is 3. The van der Waals surface area contributed by atoms with E-state index in [0.29, 0.717) is 6.61 Å². The van der Waals surface area contributed by atoms with Crippen molar-refractivity contribution in [2.45, 2.75) is 36.6 Å². The van der Waals surface area contributed by atoms with E-state index < -0.39 is 51.8 Å². The number of carboxylic acid groups (broad SMARTS) is 1. The second-order valence-electron chi connectivity index (χ2n) is 7.82. The summed E-state index contributed by atoms with van der Waals surface area (Å²) in [5, 5.41) is 7.61. The Labute approximate surface area is 239 Å². The standard InChI is InChI=1S/C20H17ClF4N2O6S.C5H8O2/c1-9(17(29)30)4-5-33-18(31)10(2)34-14-7-13(12(22)6-11(14)21)27-16(28)8-15(20(23,24)25)26(3)19(27)32;1-3-5(6)7-4-2/h6-8,10H,1,4-5H2,2-3H3,(H,29,30);3H,1,4H2,2H3. The van der Waals surface area contributed by atoms with Gasteiger partial charge in [-0.2, -0.15) is 13.2 Å². The number of aliphatic carboxylic acids is 1. The van der Waals surface area contributed by atoms with Gasteiger partial charge in [0.1, 0.15) is 16.8 Å². The van der Waals surface area contributed by atoms with E-state index in [0.717, 1.165) is 37.0 Å². The molecule has 1 atom stereocenters. The third-order valence-electron chi connectivity index (χ3n) is 4.89. The molecule has 1 aromatic heterocycles. The molecule has 2 aromatic rings. The van der Waals surface area contributed by atoms with E-state index in [2.05, 4.69) is 17.9 Å². The molecule has 0 aliphatic heterocycles. The molecule has 0 fully saturated rings. The second-order valence-corrected chi connectivity index (χ2v) is 9.61. The minimum absolute atomic E-state index is 0.0336. The van der Waals surface area contributed by atoms with Crippen molar-refractivity contribution in [2.24, 2.45) is 7.05 Å². The largest absolute Gasteiger partial charge is 0.478 e. The van der Waals surface area contributed by atoms with Crippen molar-refractivity contribution < 1.29 is 46.5 Å². The van der Waals surface area contributed by atoms with Gasteiger partial charge in [-0.3, -0.25) is 14.2 Å². The summed E-state index contributed by atoms with van der Waals surface area (Å²) in [4.78, 5) is 57.7. The number of thioether (sulfide) groups is 1. The highest BCUT2D eigenvalue weighted by Crippen LogP contribution is 2.34. The lowest BCUT2D eigenvalue weighted by molar-refractivity contribution is -0.144. The number of carbonyl (C=O) groups is 3. The van der Waals surface area contributed by atoms with Crippen LogP contribution in [0.1, 0.15) is 26.0 Å². The van der Waals surface area contributed by atoms with E-state index in [9.17, 15) is 41.5 Å². The van der Waals surface area contributed by atoms with E-state index in [1.807, 2.05) is 0 Å². The quantitative estimate of drug-likeness (QED) is 0.179. The molecule has 1 unspecified atom stereocenters. The van der Waals surface area contributed by atoms with Gasteiger partial charge in [0.05, 0.1) is 23.9 Å². The average molecular weight is 625 g/mol. The van der Waals surface area contributed by atoms with Gasteiger partial charge in [0.25, 0.3) is 5.56 Å². The highest BCUT2D eigenvalue weighted by Gasteiger charge is 2.35. The van der Waals surface area contributed by atoms with Crippen LogP contribution < -0.4 is 11.2 Å². The number of aromatic nitrogens is 2. The molecule has 0 saturated carbocycles. The van der Waals surface area contributed by atoms with Crippen LogP contribution in [0, 0.1) is 5.82 Å². The number of ether oxygens (including phenoxy) is 2. The molecule has 0 bridgehead atoms. The summed E-state index contributed by atoms with van der Waals surface area (Å²) < 4.78 is 63.5. The monoisotopic (exact) mass is 624 g/mol. The second kappa shape index (κ2) is 15.2. The van der Waals surface area contributed by atoms with Crippen LogP contribution in [0.2, 0.25) is 5.02 Å². The number of hydrogen-bond acceptors (Lipinski definition) is 8. The molecule has 41 heavy (non-hydrogen) atoms. The first-order valence-electron chi connectivity index (χ1n) is 11.4. The van der Waals surface area contributed by atoms with Crippen molar-refractivity contribution >= 4 is 41.3 Å². The molecule has 0 spiro atoms. The Morgan fingerprint density at radius 1 is 1.20 bits per heavy atom. The smallest absolute Gasteiger partial charge is 0.431 e. The van der Waals surface area contributed by atoms with Crippen molar-refractivity contribution in [1.82, 2.24) is 9.13 Å². The Hall–Kier alpha value is -3.85. The Morgan fingerprint density at radius 2 is 1.80 bits per heavy atom. The molecule has 1 aromatic carbocycles. The molecule has 16 heteroatoms. The van der Waals surface area contributed by atoms with Crippen LogP contribution in [0.3, 0.4) is 0 Å². The van der Waals surface area contributed by atoms with Crippen molar-refractivity contribution in [3.05, 3.63) is 80.4 Å². The summed E-state index contributed by atoms with van der Waals surface area (Å²) in [5.74, 6) is -3.53. The van der Waals surface area contributed by atoms with Crippen molar-refractivity contribution in [3.8, 4) is 5.69 Å². The number of carbonyl (C=O) groups excluding carboxylic acids is 2. The lowest BCUT2D eigenvalue weighted by Crippen LogP contribution is -2.41. The van der Waals surface area contributed by atoms with E-state index >= 15 is 0 Å². The van der Waals surface area contributed by atoms with Crippen molar-refractivity contribution in [2.75, 3.05) is 13.2 Å². The highest BCUT2D eigenvalue weighted by molar-refractivity contribution is 8.00. The van der Waals surface area contributed by atoms with E-state index in [-0.39, 0.29) is 49.7 Å². The fourth-order valence-electron chi connectivity index (χ4n) is 2.84. The number of nitrogens with zero attached hydrogens (tertiary/aromatic N) is 2. The molecule has 0 saturated heterocycles. The SMILES string of the molecule is C=C(CCOC(=O)C(C)Sc1cc(-n2c(=O)cc(C(F)(F)F)n(C)c2=O)c(F)cc1Cl)C(=O)O.C=CC(=O)OCC. The number of halogens is 5. The first-order valence-corrected chi connectivity index (χ1v) is 12.6. The number of benzene rings is 1. The Morgan fingerprint density at radius 3 is 2.29 bits per heavy atom. The van der Waals surface area contributed by atoms with Gasteiger partial charge in [0, 0.05) is 36.1 Å². The predicted octanol–water partition coefficient (Wildman–Crippen LogP) is 4.14. The van der Waals surface area contributed by atoms with Gasteiger partial charge in [-0.25, -0.2) is 23.3 Å². The average Bonchev–Trinajstić information content (AvgIpc) is 2.88. The molecule has 1 N–H and O–H groups in total. The first kappa shape index (κ1) is 35.2. The summed E-state index contributed by atoms with van der Waals surface area (Å²) in [5.41, 5.74) is -5.20. The summed E-state index contributed by atoms with van der Waals surface area (Å²) in [7, 11) is 0.779. The minimum Gasteiger partial charge on any atom is -0.478 e. The minimum atomic E-state index is -4.99. The summed E-state index contributed by atoms with van der Waals surface area (Å²) in [6.07, 6.45) is -3.96. The highest BCUT2D eigenvalue weighted by atomic mass is 35.5. The normalized spacial score (nSPS) is 11.5. The van der Waals surface area contributed by atoms with Gasteiger partial charge < -0.3 is 14.6 Å². The Bertz CT molecular complexity index is 1450. The van der Waals surface area contributed by atoms with Gasteiger partial charge in [0.2, 0.25) is 0 Å². The lowest BCUT2D eigenvalue weighted by Gasteiger charge is -2.16. The van der Waals surface area contributed by atoms with Crippen LogP contribution in [0.5, 0.6) is 0 Å². The zero-order chi connectivity index (χ0) is 31.7. The molecule has 2 rings (SSSR count). The molecule has 224 valence electrons. The van der Waals surface area contributed by atoms with Gasteiger partial charge in [0.15, 0.2) is 0 Å². The lowest BCUT2D eigenvalue weighted by atomic mass is 10.2. The number of esters is 2. The fraction of sp³-hybridized carbons (Fsp3) is 0.320. The topological polar surface area (TPSA) is 134 Å². The zero-order valence-electron chi connectivity index (χ0n) is 21.9. The molecule has 0 amide bonds. The van der Waals surface area contributed by atoms with Crippen LogP contribution in [-0.2, 0) is 37.1 Å². The van der Waals surface area contributed by atoms with Crippen LogP contribution in [-0.4, -0.2) is 50.6 Å².